The van der Waals surface area contributed by atoms with Crippen LogP contribution >= 0.6 is 0 Å². The highest BCUT2D eigenvalue weighted by Gasteiger charge is 2.24. The molecule has 0 aliphatic rings. The average Bonchev–Trinajstić information content (AvgIpc) is 2.37. The summed E-state index contributed by atoms with van der Waals surface area (Å²) in [6.45, 7) is 5.77. The first-order valence-corrected chi connectivity index (χ1v) is 7.23. The van der Waals surface area contributed by atoms with Crippen LogP contribution in [0.4, 0.5) is 4.79 Å². The third-order valence-corrected chi connectivity index (χ3v) is 2.93. The fourth-order valence-electron chi connectivity index (χ4n) is 1.98. The zero-order valence-corrected chi connectivity index (χ0v) is 13.0. The SMILES string of the molecule is CC(C)(C)OC(=O)N[C@@H](Cc1ccccc1)[C@@H](O)CCN. The van der Waals surface area contributed by atoms with Gasteiger partial charge in [-0.2, -0.15) is 0 Å². The van der Waals surface area contributed by atoms with Gasteiger partial charge in [0.2, 0.25) is 0 Å². The minimum atomic E-state index is -0.706. The zero-order chi connectivity index (χ0) is 15.9. The van der Waals surface area contributed by atoms with Crippen LogP contribution in [0.5, 0.6) is 0 Å². The van der Waals surface area contributed by atoms with Gasteiger partial charge in [-0.15, -0.1) is 0 Å². The lowest BCUT2D eigenvalue weighted by Gasteiger charge is -2.26. The minimum absolute atomic E-state index is 0.364. The molecule has 0 fully saturated rings. The fraction of sp³-hybridized carbons (Fsp3) is 0.562. The minimum Gasteiger partial charge on any atom is -0.444 e. The second-order valence-electron chi connectivity index (χ2n) is 6.09. The summed E-state index contributed by atoms with van der Waals surface area (Å²) in [7, 11) is 0. The largest absolute Gasteiger partial charge is 0.444 e. The summed E-state index contributed by atoms with van der Waals surface area (Å²) in [5.41, 5.74) is 5.96. The molecular formula is C16H26N2O3. The monoisotopic (exact) mass is 294 g/mol. The van der Waals surface area contributed by atoms with E-state index >= 15 is 0 Å². The second kappa shape index (κ2) is 8.00. The van der Waals surface area contributed by atoms with Crippen molar-refractivity contribution in [2.45, 2.75) is 51.4 Å². The van der Waals surface area contributed by atoms with Crippen LogP contribution in [0, 0.1) is 0 Å². The van der Waals surface area contributed by atoms with E-state index in [-0.39, 0.29) is 0 Å². The summed E-state index contributed by atoms with van der Waals surface area (Å²) >= 11 is 0. The predicted molar refractivity (Wildman–Crippen MR) is 83.0 cm³/mol. The molecule has 0 unspecified atom stereocenters. The number of ether oxygens (including phenoxy) is 1. The molecule has 5 nitrogen and oxygen atoms in total. The molecule has 0 aliphatic heterocycles. The Kier molecular flexibility index (Phi) is 6.65. The number of amides is 1. The molecule has 1 rings (SSSR count). The van der Waals surface area contributed by atoms with Crippen molar-refractivity contribution in [3.8, 4) is 0 Å². The number of rotatable bonds is 6. The lowest BCUT2D eigenvalue weighted by Crippen LogP contribution is -2.47. The van der Waals surface area contributed by atoms with Crippen LogP contribution in [0.2, 0.25) is 0 Å². The number of nitrogens with one attached hydrogen (secondary N) is 1. The molecule has 4 N–H and O–H groups in total. The van der Waals surface area contributed by atoms with Gasteiger partial charge in [0.25, 0.3) is 0 Å². The fourth-order valence-corrected chi connectivity index (χ4v) is 1.98. The Bertz CT molecular complexity index is 429. The number of aliphatic hydroxyl groups is 1. The van der Waals surface area contributed by atoms with E-state index in [1.54, 1.807) is 20.8 Å². The Hall–Kier alpha value is -1.59. The van der Waals surface area contributed by atoms with E-state index in [9.17, 15) is 9.90 Å². The smallest absolute Gasteiger partial charge is 0.407 e. The molecule has 0 bridgehead atoms. The van der Waals surface area contributed by atoms with E-state index in [2.05, 4.69) is 5.32 Å². The molecular weight excluding hydrogens is 268 g/mol. The highest BCUT2D eigenvalue weighted by Crippen LogP contribution is 2.11. The molecule has 1 amide bonds. The average molecular weight is 294 g/mol. The van der Waals surface area contributed by atoms with E-state index in [1.807, 2.05) is 30.3 Å². The summed E-state index contributed by atoms with van der Waals surface area (Å²) in [6.07, 6.45) is -0.281. The molecule has 2 atom stereocenters. The summed E-state index contributed by atoms with van der Waals surface area (Å²) in [5.74, 6) is 0. The van der Waals surface area contributed by atoms with E-state index < -0.39 is 23.8 Å². The van der Waals surface area contributed by atoms with Crippen molar-refractivity contribution in [2.75, 3.05) is 6.54 Å². The summed E-state index contributed by atoms with van der Waals surface area (Å²) in [5, 5.41) is 12.9. The van der Waals surface area contributed by atoms with Crippen molar-refractivity contribution in [2.24, 2.45) is 5.73 Å². The first-order chi connectivity index (χ1) is 9.81. The number of benzene rings is 1. The number of carbonyl (C=O) groups is 1. The number of hydrogen-bond donors (Lipinski definition) is 3. The first kappa shape index (κ1) is 17.5. The van der Waals surface area contributed by atoms with Crippen LogP contribution in [-0.4, -0.2) is 35.5 Å². The van der Waals surface area contributed by atoms with E-state index in [1.165, 1.54) is 0 Å². The van der Waals surface area contributed by atoms with Crippen LogP contribution in [0.25, 0.3) is 0 Å². The van der Waals surface area contributed by atoms with Gasteiger partial charge in [-0.3, -0.25) is 0 Å². The molecule has 0 aromatic heterocycles. The third kappa shape index (κ3) is 7.11. The van der Waals surface area contributed by atoms with Crippen molar-refractivity contribution >= 4 is 6.09 Å². The Morgan fingerprint density at radius 2 is 1.95 bits per heavy atom. The molecule has 5 heteroatoms. The third-order valence-electron chi connectivity index (χ3n) is 2.93. The molecule has 0 radical (unpaired) electrons. The zero-order valence-electron chi connectivity index (χ0n) is 13.0. The highest BCUT2D eigenvalue weighted by atomic mass is 16.6. The second-order valence-corrected chi connectivity index (χ2v) is 6.09. The number of alkyl carbamates (subject to hydrolysis) is 1. The predicted octanol–water partition coefficient (Wildman–Crippen LogP) is 1.83. The number of carbonyl (C=O) groups excluding carboxylic acids is 1. The molecule has 0 saturated heterocycles. The highest BCUT2D eigenvalue weighted by molar-refractivity contribution is 5.68. The molecule has 1 aromatic carbocycles. The van der Waals surface area contributed by atoms with Gasteiger partial charge in [0.1, 0.15) is 5.60 Å². The molecule has 118 valence electrons. The van der Waals surface area contributed by atoms with E-state index in [0.717, 1.165) is 5.56 Å². The van der Waals surface area contributed by atoms with Crippen molar-refractivity contribution in [3.05, 3.63) is 35.9 Å². The Morgan fingerprint density at radius 1 is 1.33 bits per heavy atom. The first-order valence-electron chi connectivity index (χ1n) is 7.23. The Morgan fingerprint density at radius 3 is 2.48 bits per heavy atom. The van der Waals surface area contributed by atoms with Crippen LogP contribution in [-0.2, 0) is 11.2 Å². The number of nitrogens with two attached hydrogens (primary N) is 1. The lowest BCUT2D eigenvalue weighted by molar-refractivity contribution is 0.0416. The maximum Gasteiger partial charge on any atom is 0.407 e. The quantitative estimate of drug-likeness (QED) is 0.747. The van der Waals surface area contributed by atoms with Gasteiger partial charge in [-0.05, 0) is 45.7 Å². The maximum atomic E-state index is 11.9. The van der Waals surface area contributed by atoms with Gasteiger partial charge in [0, 0.05) is 0 Å². The van der Waals surface area contributed by atoms with Crippen molar-refractivity contribution < 1.29 is 14.6 Å². The standard InChI is InChI=1S/C16H26N2O3/c1-16(2,3)21-15(20)18-13(14(19)9-10-17)11-12-7-5-4-6-8-12/h4-8,13-14,19H,9-11,17H2,1-3H3,(H,18,20)/t13-,14-/m0/s1. The van der Waals surface area contributed by atoms with Gasteiger partial charge >= 0.3 is 6.09 Å². The molecule has 0 heterocycles. The van der Waals surface area contributed by atoms with Gasteiger partial charge in [-0.25, -0.2) is 4.79 Å². The molecule has 1 aromatic rings. The van der Waals surface area contributed by atoms with Gasteiger partial charge < -0.3 is 20.9 Å². The topological polar surface area (TPSA) is 84.6 Å². The van der Waals surface area contributed by atoms with Crippen molar-refractivity contribution in [1.29, 1.82) is 0 Å². The van der Waals surface area contributed by atoms with Crippen molar-refractivity contribution in [1.82, 2.24) is 5.32 Å². The summed E-state index contributed by atoms with van der Waals surface area (Å²) in [6, 6.07) is 9.27. The lowest BCUT2D eigenvalue weighted by atomic mass is 9.99. The van der Waals surface area contributed by atoms with Crippen molar-refractivity contribution in [3.63, 3.8) is 0 Å². The maximum absolute atomic E-state index is 11.9. The molecule has 0 aliphatic carbocycles. The number of hydrogen-bond acceptors (Lipinski definition) is 4. The van der Waals surface area contributed by atoms with Crippen LogP contribution in [0.3, 0.4) is 0 Å². The van der Waals surface area contributed by atoms with Crippen LogP contribution < -0.4 is 11.1 Å². The summed E-state index contributed by atoms with van der Waals surface area (Å²) in [4.78, 5) is 11.9. The molecule has 0 spiro atoms. The van der Waals surface area contributed by atoms with Gasteiger partial charge in [0.05, 0.1) is 12.1 Å². The Balaban J connectivity index is 2.71. The Labute approximate surface area is 126 Å². The normalized spacial score (nSPS) is 14.3. The van der Waals surface area contributed by atoms with Crippen LogP contribution in [0.1, 0.15) is 32.8 Å². The van der Waals surface area contributed by atoms with E-state index in [0.29, 0.717) is 19.4 Å². The van der Waals surface area contributed by atoms with E-state index in [4.69, 9.17) is 10.5 Å². The molecule has 21 heavy (non-hydrogen) atoms. The van der Waals surface area contributed by atoms with Gasteiger partial charge in [-0.1, -0.05) is 30.3 Å². The number of aliphatic hydroxyl groups excluding tert-OH is 1. The van der Waals surface area contributed by atoms with Gasteiger partial charge in [0.15, 0.2) is 0 Å². The molecule has 0 saturated carbocycles. The summed E-state index contributed by atoms with van der Waals surface area (Å²) < 4.78 is 5.24. The van der Waals surface area contributed by atoms with Crippen LogP contribution in [0.15, 0.2) is 30.3 Å².